The van der Waals surface area contributed by atoms with Crippen LogP contribution >= 0.6 is 0 Å². The topological polar surface area (TPSA) is 61.4 Å². The molecule has 0 spiro atoms. The van der Waals surface area contributed by atoms with E-state index in [0.29, 0.717) is 18.1 Å². The third-order valence-electron chi connectivity index (χ3n) is 4.78. The summed E-state index contributed by atoms with van der Waals surface area (Å²) in [5, 5.41) is 3.18. The highest BCUT2D eigenvalue weighted by Crippen LogP contribution is 2.20. The second-order valence-corrected chi connectivity index (χ2v) is 6.52. The molecule has 0 saturated heterocycles. The van der Waals surface area contributed by atoms with Crippen molar-refractivity contribution in [2.45, 2.75) is 20.8 Å². The van der Waals surface area contributed by atoms with E-state index in [9.17, 15) is 4.79 Å². The lowest BCUT2D eigenvalue weighted by molar-refractivity contribution is 0.0987. The van der Waals surface area contributed by atoms with Gasteiger partial charge in [0.2, 0.25) is 5.95 Å². The van der Waals surface area contributed by atoms with Gasteiger partial charge in [-0.2, -0.15) is 0 Å². The van der Waals surface area contributed by atoms with Crippen molar-refractivity contribution in [3.63, 3.8) is 0 Å². The molecular weight excluding hydrogens is 362 g/mol. The largest absolute Gasteiger partial charge is 0.372 e. The summed E-state index contributed by atoms with van der Waals surface area (Å²) in [5.41, 5.74) is 3.40. The Labute approximate surface area is 172 Å². The third kappa shape index (κ3) is 4.90. The predicted molar refractivity (Wildman–Crippen MR) is 119 cm³/mol. The van der Waals surface area contributed by atoms with Crippen LogP contribution in [0.4, 0.5) is 23.0 Å². The summed E-state index contributed by atoms with van der Waals surface area (Å²) in [6.45, 7) is 8.75. The number of anilines is 4. The van der Waals surface area contributed by atoms with E-state index in [0.717, 1.165) is 24.5 Å². The van der Waals surface area contributed by atoms with E-state index in [-0.39, 0.29) is 5.91 Å². The molecule has 0 atom stereocenters. The summed E-state index contributed by atoms with van der Waals surface area (Å²) in [4.78, 5) is 25.4. The number of carbonyl (C=O) groups is 1. The Balaban J connectivity index is 1.69. The maximum atomic E-state index is 12.8. The summed E-state index contributed by atoms with van der Waals surface area (Å²) in [7, 11) is 0. The molecule has 0 unspecified atom stereocenters. The molecule has 1 heterocycles. The summed E-state index contributed by atoms with van der Waals surface area (Å²) >= 11 is 0. The van der Waals surface area contributed by atoms with E-state index in [1.165, 1.54) is 5.69 Å². The summed E-state index contributed by atoms with van der Waals surface area (Å²) in [6, 6.07) is 17.8. The molecule has 150 valence electrons. The fraction of sp³-hybridized carbons (Fsp3) is 0.261. The van der Waals surface area contributed by atoms with Gasteiger partial charge in [-0.05, 0) is 57.2 Å². The number of nitrogens with one attached hydrogen (secondary N) is 1. The van der Waals surface area contributed by atoms with Gasteiger partial charge < -0.3 is 15.1 Å². The molecule has 1 N–H and O–H groups in total. The number of rotatable bonds is 8. The van der Waals surface area contributed by atoms with Crippen molar-refractivity contribution in [3.05, 3.63) is 72.6 Å². The highest BCUT2D eigenvalue weighted by Gasteiger charge is 2.16. The molecular formula is C23H27N5O. The van der Waals surface area contributed by atoms with Crippen molar-refractivity contribution < 1.29 is 4.79 Å². The number of hydrogen-bond donors (Lipinski definition) is 1. The van der Waals surface area contributed by atoms with Crippen LogP contribution in [-0.4, -0.2) is 35.5 Å². The van der Waals surface area contributed by atoms with Crippen LogP contribution in [-0.2, 0) is 0 Å². The Morgan fingerprint density at radius 2 is 1.45 bits per heavy atom. The second kappa shape index (κ2) is 9.68. The maximum Gasteiger partial charge on any atom is 0.261 e. The van der Waals surface area contributed by atoms with Crippen molar-refractivity contribution in [3.8, 4) is 0 Å². The number of para-hydroxylation sites is 1. The van der Waals surface area contributed by atoms with Crippen LogP contribution in [0.1, 0.15) is 31.1 Å². The lowest BCUT2D eigenvalue weighted by atomic mass is 10.2. The minimum Gasteiger partial charge on any atom is -0.372 e. The van der Waals surface area contributed by atoms with Crippen molar-refractivity contribution in [1.82, 2.24) is 9.97 Å². The SMILES string of the molecule is CCN(CC)c1ccc(Nc2ncc(C(=O)N(CC)c3ccccc3)cn2)cc1. The monoisotopic (exact) mass is 389 g/mol. The van der Waals surface area contributed by atoms with E-state index in [2.05, 4.69) is 46.2 Å². The normalized spacial score (nSPS) is 10.4. The molecule has 29 heavy (non-hydrogen) atoms. The van der Waals surface area contributed by atoms with Crippen molar-refractivity contribution in [2.24, 2.45) is 0 Å². The van der Waals surface area contributed by atoms with Crippen LogP contribution in [0, 0.1) is 0 Å². The summed E-state index contributed by atoms with van der Waals surface area (Å²) in [6.07, 6.45) is 3.13. The molecule has 3 aromatic rings. The zero-order valence-electron chi connectivity index (χ0n) is 17.2. The van der Waals surface area contributed by atoms with Crippen LogP contribution in [0.15, 0.2) is 67.0 Å². The van der Waals surface area contributed by atoms with E-state index >= 15 is 0 Å². The number of amides is 1. The maximum absolute atomic E-state index is 12.8. The van der Waals surface area contributed by atoms with Gasteiger partial charge in [0.25, 0.3) is 5.91 Å². The smallest absolute Gasteiger partial charge is 0.261 e. The first-order valence-corrected chi connectivity index (χ1v) is 9.97. The van der Waals surface area contributed by atoms with Gasteiger partial charge in [0.15, 0.2) is 0 Å². The van der Waals surface area contributed by atoms with Gasteiger partial charge in [-0.15, -0.1) is 0 Å². The zero-order valence-corrected chi connectivity index (χ0v) is 17.2. The molecule has 0 bridgehead atoms. The van der Waals surface area contributed by atoms with Crippen molar-refractivity contribution >= 4 is 28.9 Å². The van der Waals surface area contributed by atoms with E-state index in [4.69, 9.17) is 0 Å². The van der Waals surface area contributed by atoms with Crippen LogP contribution in [0.25, 0.3) is 0 Å². The lowest BCUT2D eigenvalue weighted by Crippen LogP contribution is -2.30. The molecule has 2 aromatic carbocycles. The Morgan fingerprint density at radius 3 is 2.00 bits per heavy atom. The van der Waals surface area contributed by atoms with Gasteiger partial charge in [-0.25, -0.2) is 9.97 Å². The van der Waals surface area contributed by atoms with Crippen LogP contribution in [0.3, 0.4) is 0 Å². The molecule has 0 saturated carbocycles. The Kier molecular flexibility index (Phi) is 6.79. The molecule has 3 rings (SSSR count). The Bertz CT molecular complexity index is 906. The standard InChI is InChI=1S/C23H27N5O/c1-4-27(5-2)20-14-12-19(13-15-20)26-23-24-16-18(17-25-23)22(29)28(6-3)21-10-8-7-9-11-21/h7-17H,4-6H2,1-3H3,(H,24,25,26). The van der Waals surface area contributed by atoms with Crippen molar-refractivity contribution in [2.75, 3.05) is 34.8 Å². The van der Waals surface area contributed by atoms with Crippen LogP contribution in [0.5, 0.6) is 0 Å². The van der Waals surface area contributed by atoms with Crippen LogP contribution < -0.4 is 15.1 Å². The van der Waals surface area contributed by atoms with Crippen molar-refractivity contribution in [1.29, 1.82) is 0 Å². The molecule has 0 aliphatic heterocycles. The average Bonchev–Trinajstić information content (AvgIpc) is 2.77. The van der Waals surface area contributed by atoms with Gasteiger partial charge in [0.1, 0.15) is 0 Å². The zero-order chi connectivity index (χ0) is 20.6. The Morgan fingerprint density at radius 1 is 0.828 bits per heavy atom. The quantitative estimate of drug-likeness (QED) is 0.603. The highest BCUT2D eigenvalue weighted by molar-refractivity contribution is 6.05. The second-order valence-electron chi connectivity index (χ2n) is 6.52. The molecule has 1 amide bonds. The molecule has 0 aliphatic carbocycles. The van der Waals surface area contributed by atoms with Gasteiger partial charge >= 0.3 is 0 Å². The van der Waals surface area contributed by atoms with Crippen LogP contribution in [0.2, 0.25) is 0 Å². The highest BCUT2D eigenvalue weighted by atomic mass is 16.2. The first-order chi connectivity index (χ1) is 14.2. The molecule has 0 fully saturated rings. The van der Waals surface area contributed by atoms with Gasteiger partial charge in [0.05, 0.1) is 5.56 Å². The molecule has 6 nitrogen and oxygen atoms in total. The van der Waals surface area contributed by atoms with Gasteiger partial charge in [0, 0.05) is 49.1 Å². The van der Waals surface area contributed by atoms with Gasteiger partial charge in [-0.1, -0.05) is 18.2 Å². The van der Waals surface area contributed by atoms with E-state index in [1.54, 1.807) is 17.3 Å². The Hall–Kier alpha value is -3.41. The fourth-order valence-electron chi connectivity index (χ4n) is 3.18. The molecule has 1 aromatic heterocycles. The lowest BCUT2D eigenvalue weighted by Gasteiger charge is -2.21. The molecule has 0 aliphatic rings. The number of benzene rings is 2. The fourth-order valence-corrected chi connectivity index (χ4v) is 3.18. The number of nitrogens with zero attached hydrogens (tertiary/aromatic N) is 4. The first-order valence-electron chi connectivity index (χ1n) is 9.97. The molecule has 6 heteroatoms. The number of carbonyl (C=O) groups excluding carboxylic acids is 1. The van der Waals surface area contributed by atoms with E-state index < -0.39 is 0 Å². The molecule has 0 radical (unpaired) electrons. The number of aromatic nitrogens is 2. The minimum atomic E-state index is -0.117. The first kappa shape index (κ1) is 20.3. The van der Waals surface area contributed by atoms with Gasteiger partial charge in [-0.3, -0.25) is 4.79 Å². The number of hydrogen-bond acceptors (Lipinski definition) is 5. The van der Waals surface area contributed by atoms with E-state index in [1.807, 2.05) is 49.4 Å². The summed E-state index contributed by atoms with van der Waals surface area (Å²) < 4.78 is 0. The third-order valence-corrected chi connectivity index (χ3v) is 4.78. The summed E-state index contributed by atoms with van der Waals surface area (Å²) in [5.74, 6) is 0.341. The minimum absolute atomic E-state index is 0.117. The average molecular weight is 390 g/mol. The predicted octanol–water partition coefficient (Wildman–Crippen LogP) is 4.73.